The summed E-state index contributed by atoms with van der Waals surface area (Å²) in [5.41, 5.74) is 0.360. The smallest absolute Gasteiger partial charge is 0.349 e. The summed E-state index contributed by atoms with van der Waals surface area (Å²) in [6, 6.07) is 13.1. The zero-order valence-electron chi connectivity index (χ0n) is 16.3. The van der Waals surface area contributed by atoms with Crippen molar-refractivity contribution in [2.24, 2.45) is 0 Å². The first-order valence-electron chi connectivity index (χ1n) is 8.85. The molecule has 156 valence electrons. The van der Waals surface area contributed by atoms with Gasteiger partial charge >= 0.3 is 5.97 Å². The molecular weight excluding hydrogens is 417 g/mol. The van der Waals surface area contributed by atoms with Crippen LogP contribution in [0.15, 0.2) is 53.4 Å². The van der Waals surface area contributed by atoms with E-state index in [0.29, 0.717) is 16.7 Å². The Morgan fingerprint density at radius 2 is 1.90 bits per heavy atom. The molecule has 0 aromatic heterocycles. The van der Waals surface area contributed by atoms with Crippen molar-refractivity contribution in [1.29, 1.82) is 0 Å². The average molecular weight is 439 g/mol. The van der Waals surface area contributed by atoms with Crippen LogP contribution in [0.25, 0.3) is 0 Å². The molecule has 0 fully saturated rings. The SMILES string of the molecule is CCOC(=O)C1CN(S(=O)(=O)c2cccc(P(OC)OC)c2)c2ccccc2O1. The normalized spacial score (nSPS) is 16.3. The number of rotatable bonds is 7. The van der Waals surface area contributed by atoms with E-state index in [2.05, 4.69) is 0 Å². The molecule has 1 atom stereocenters. The lowest BCUT2D eigenvalue weighted by Crippen LogP contribution is -2.47. The van der Waals surface area contributed by atoms with Crippen molar-refractivity contribution in [1.82, 2.24) is 0 Å². The van der Waals surface area contributed by atoms with Crippen molar-refractivity contribution >= 4 is 35.4 Å². The molecule has 3 rings (SSSR count). The van der Waals surface area contributed by atoms with Gasteiger partial charge in [0.2, 0.25) is 14.5 Å². The molecule has 0 spiro atoms. The minimum atomic E-state index is -3.98. The minimum absolute atomic E-state index is 0.0657. The molecule has 0 aliphatic carbocycles. The molecule has 0 radical (unpaired) electrons. The Bertz CT molecular complexity index is 978. The third-order valence-electron chi connectivity index (χ3n) is 4.23. The van der Waals surface area contributed by atoms with Crippen molar-refractivity contribution in [3.05, 3.63) is 48.5 Å². The molecular formula is C19H22NO7PS. The molecule has 1 aliphatic heterocycles. The highest BCUT2D eigenvalue weighted by Gasteiger charge is 2.38. The number of esters is 1. The van der Waals surface area contributed by atoms with Crippen LogP contribution in [0.4, 0.5) is 5.69 Å². The highest BCUT2D eigenvalue weighted by Crippen LogP contribution is 2.38. The van der Waals surface area contributed by atoms with Crippen LogP contribution in [0.2, 0.25) is 0 Å². The van der Waals surface area contributed by atoms with Gasteiger partial charge in [-0.15, -0.1) is 0 Å². The monoisotopic (exact) mass is 439 g/mol. The maximum atomic E-state index is 13.5. The van der Waals surface area contributed by atoms with Gasteiger partial charge in [0.25, 0.3) is 10.0 Å². The summed E-state index contributed by atoms with van der Waals surface area (Å²) < 4.78 is 49.4. The second kappa shape index (κ2) is 9.09. The van der Waals surface area contributed by atoms with Crippen LogP contribution in [0.5, 0.6) is 5.75 Å². The molecule has 10 heteroatoms. The standard InChI is InChI=1S/C19H22NO7PS/c1-4-26-19(21)18-13-20(16-10-5-6-11-17(16)27-18)29(22,23)15-9-7-8-14(12-15)28(24-2)25-3/h5-12,18H,4,13H2,1-3H3. The molecule has 0 amide bonds. The van der Waals surface area contributed by atoms with Crippen LogP contribution in [0, 0.1) is 0 Å². The van der Waals surface area contributed by atoms with Gasteiger partial charge in [0.15, 0.2) is 0 Å². The van der Waals surface area contributed by atoms with Crippen molar-refractivity contribution in [3.8, 4) is 5.75 Å². The molecule has 1 unspecified atom stereocenters. The van der Waals surface area contributed by atoms with Crippen LogP contribution < -0.4 is 14.3 Å². The molecule has 0 bridgehead atoms. The highest BCUT2D eigenvalue weighted by molar-refractivity contribution is 7.92. The molecule has 0 N–H and O–H groups in total. The van der Waals surface area contributed by atoms with Gasteiger partial charge in [-0.3, -0.25) is 4.31 Å². The number of anilines is 1. The van der Waals surface area contributed by atoms with E-state index in [-0.39, 0.29) is 18.0 Å². The third kappa shape index (κ3) is 4.38. The zero-order chi connectivity index (χ0) is 21.0. The first-order chi connectivity index (χ1) is 13.9. The molecule has 0 saturated heterocycles. The van der Waals surface area contributed by atoms with Gasteiger partial charge in [0.05, 0.1) is 23.7 Å². The fraction of sp³-hybridized carbons (Fsp3) is 0.316. The molecule has 2 aromatic carbocycles. The number of ether oxygens (including phenoxy) is 2. The van der Waals surface area contributed by atoms with E-state index in [1.54, 1.807) is 43.3 Å². The summed E-state index contributed by atoms with van der Waals surface area (Å²) in [7, 11) is -2.38. The number of para-hydroxylation sites is 2. The molecule has 1 heterocycles. The number of carbonyl (C=O) groups excluding carboxylic acids is 1. The Kier molecular flexibility index (Phi) is 6.74. The summed E-state index contributed by atoms with van der Waals surface area (Å²) >= 11 is 0. The Balaban J connectivity index is 2.03. The Morgan fingerprint density at radius 3 is 2.59 bits per heavy atom. The highest BCUT2D eigenvalue weighted by atomic mass is 32.2. The van der Waals surface area contributed by atoms with Gasteiger partial charge in [-0.2, -0.15) is 0 Å². The Labute approximate surface area is 171 Å². The fourth-order valence-corrected chi connectivity index (χ4v) is 5.59. The van der Waals surface area contributed by atoms with E-state index < -0.39 is 30.5 Å². The summed E-state index contributed by atoms with van der Waals surface area (Å²) in [6.07, 6.45) is -1.06. The van der Waals surface area contributed by atoms with Crippen molar-refractivity contribution in [2.75, 3.05) is 31.7 Å². The summed E-state index contributed by atoms with van der Waals surface area (Å²) in [4.78, 5) is 12.3. The Hall–Kier alpha value is -2.19. The topological polar surface area (TPSA) is 91.4 Å². The fourth-order valence-electron chi connectivity index (χ4n) is 2.96. The van der Waals surface area contributed by atoms with E-state index in [1.165, 1.54) is 30.7 Å². The van der Waals surface area contributed by atoms with Gasteiger partial charge < -0.3 is 18.5 Å². The van der Waals surface area contributed by atoms with Gasteiger partial charge in [0.1, 0.15) is 5.75 Å². The quantitative estimate of drug-likeness (QED) is 0.483. The van der Waals surface area contributed by atoms with Crippen LogP contribution in [0.1, 0.15) is 6.92 Å². The zero-order valence-corrected chi connectivity index (χ0v) is 18.0. The number of hydrogen-bond acceptors (Lipinski definition) is 7. The molecule has 2 aromatic rings. The largest absolute Gasteiger partial charge is 0.475 e. The van der Waals surface area contributed by atoms with Crippen LogP contribution >= 0.6 is 8.38 Å². The van der Waals surface area contributed by atoms with Crippen molar-refractivity contribution in [3.63, 3.8) is 0 Å². The number of carbonyl (C=O) groups is 1. The number of fused-ring (bicyclic) bond motifs is 1. The molecule has 1 aliphatic rings. The van der Waals surface area contributed by atoms with Gasteiger partial charge in [-0.1, -0.05) is 18.2 Å². The number of nitrogens with zero attached hydrogens (tertiary/aromatic N) is 1. The second-order valence-corrected chi connectivity index (χ2v) is 9.61. The lowest BCUT2D eigenvalue weighted by molar-refractivity contribution is -0.151. The number of benzene rings is 2. The summed E-state index contributed by atoms with van der Waals surface area (Å²) in [5, 5.41) is 0.620. The number of hydrogen-bond donors (Lipinski definition) is 0. The molecule has 29 heavy (non-hydrogen) atoms. The molecule has 8 nitrogen and oxygen atoms in total. The van der Waals surface area contributed by atoms with Gasteiger partial charge in [0, 0.05) is 19.5 Å². The van der Waals surface area contributed by atoms with E-state index in [9.17, 15) is 13.2 Å². The maximum absolute atomic E-state index is 13.5. The van der Waals surface area contributed by atoms with E-state index in [4.69, 9.17) is 18.5 Å². The summed E-state index contributed by atoms with van der Waals surface area (Å²) in [6.45, 7) is 1.66. The minimum Gasteiger partial charge on any atom is -0.475 e. The van der Waals surface area contributed by atoms with Crippen LogP contribution in [-0.2, 0) is 28.6 Å². The van der Waals surface area contributed by atoms with E-state index in [1.807, 2.05) is 0 Å². The van der Waals surface area contributed by atoms with Crippen molar-refractivity contribution < 1.29 is 31.7 Å². The predicted molar refractivity (Wildman–Crippen MR) is 109 cm³/mol. The van der Waals surface area contributed by atoms with Crippen LogP contribution in [-0.4, -0.2) is 47.9 Å². The van der Waals surface area contributed by atoms with E-state index in [0.717, 1.165) is 0 Å². The van der Waals surface area contributed by atoms with Crippen LogP contribution in [0.3, 0.4) is 0 Å². The van der Waals surface area contributed by atoms with Crippen molar-refractivity contribution in [2.45, 2.75) is 17.9 Å². The third-order valence-corrected chi connectivity index (χ3v) is 7.37. The predicted octanol–water partition coefficient (Wildman–Crippen LogP) is 2.44. The molecule has 0 saturated carbocycles. The lowest BCUT2D eigenvalue weighted by Gasteiger charge is -2.34. The van der Waals surface area contributed by atoms with Gasteiger partial charge in [-0.25, -0.2) is 13.2 Å². The Morgan fingerprint density at radius 1 is 1.17 bits per heavy atom. The first-order valence-corrected chi connectivity index (χ1v) is 11.5. The average Bonchev–Trinajstić information content (AvgIpc) is 2.74. The van der Waals surface area contributed by atoms with Gasteiger partial charge in [-0.05, 0) is 37.3 Å². The lowest BCUT2D eigenvalue weighted by atomic mass is 10.2. The second-order valence-electron chi connectivity index (χ2n) is 5.98. The number of sulfonamides is 1. The van der Waals surface area contributed by atoms with E-state index >= 15 is 0 Å². The first kappa shape index (κ1) is 21.5. The summed E-state index contributed by atoms with van der Waals surface area (Å²) in [5.74, 6) is -0.314. The maximum Gasteiger partial charge on any atom is 0.349 e.